The average Bonchev–Trinajstić information content (AvgIpc) is 3.21. The van der Waals surface area contributed by atoms with Crippen molar-refractivity contribution in [3.8, 4) is 22.9 Å². The number of aromatic nitrogens is 4. The van der Waals surface area contributed by atoms with Crippen LogP contribution in [0.2, 0.25) is 0 Å². The number of hydrogen-bond acceptors (Lipinski definition) is 6. The van der Waals surface area contributed by atoms with Gasteiger partial charge in [0.25, 0.3) is 0 Å². The van der Waals surface area contributed by atoms with Crippen molar-refractivity contribution in [1.29, 1.82) is 0 Å². The van der Waals surface area contributed by atoms with E-state index in [1.165, 1.54) is 16.9 Å². The number of nitrogens with zero attached hydrogens (tertiary/aromatic N) is 4. The van der Waals surface area contributed by atoms with E-state index >= 15 is 0 Å². The third-order valence-corrected chi connectivity index (χ3v) is 4.15. The van der Waals surface area contributed by atoms with Crippen molar-refractivity contribution in [2.24, 2.45) is 0 Å². The fraction of sp³-hybridized carbons (Fsp3) is 0.263. The van der Waals surface area contributed by atoms with E-state index in [-0.39, 0.29) is 11.7 Å². The molecule has 0 saturated heterocycles. The van der Waals surface area contributed by atoms with E-state index in [0.29, 0.717) is 23.6 Å². The molecule has 1 heterocycles. The smallest absolute Gasteiger partial charge is 0.246 e. The van der Waals surface area contributed by atoms with Gasteiger partial charge in [0.15, 0.2) is 11.5 Å². The first-order valence-corrected chi connectivity index (χ1v) is 8.56. The van der Waals surface area contributed by atoms with Crippen molar-refractivity contribution in [2.45, 2.75) is 19.5 Å². The molecule has 146 valence electrons. The quantitative estimate of drug-likeness (QED) is 0.671. The van der Waals surface area contributed by atoms with Gasteiger partial charge in [0, 0.05) is 12.1 Å². The molecule has 0 aliphatic carbocycles. The third-order valence-electron chi connectivity index (χ3n) is 4.15. The lowest BCUT2D eigenvalue weighted by atomic mass is 10.2. The number of carbonyl (C=O) groups is 1. The maximum atomic E-state index is 13.3. The zero-order chi connectivity index (χ0) is 20.1. The van der Waals surface area contributed by atoms with Gasteiger partial charge in [0.1, 0.15) is 11.9 Å². The fourth-order valence-corrected chi connectivity index (χ4v) is 2.56. The number of carbonyl (C=O) groups excluding carboxylic acids is 1. The SMILES string of the molecule is COc1ccc(CNC(=O)[C@@H](C)n2nnc(-c3cccc(F)c3)n2)cc1OC. The lowest BCUT2D eigenvalue weighted by Gasteiger charge is -2.12. The number of rotatable bonds is 7. The van der Waals surface area contributed by atoms with Gasteiger partial charge in [-0.25, -0.2) is 4.39 Å². The van der Waals surface area contributed by atoms with Gasteiger partial charge >= 0.3 is 0 Å². The average molecular weight is 385 g/mol. The Labute approximate surface area is 161 Å². The summed E-state index contributed by atoms with van der Waals surface area (Å²) in [6.45, 7) is 1.95. The molecule has 1 N–H and O–H groups in total. The van der Waals surface area contributed by atoms with Crippen molar-refractivity contribution >= 4 is 5.91 Å². The van der Waals surface area contributed by atoms with Crippen LogP contribution in [-0.4, -0.2) is 40.3 Å². The first-order chi connectivity index (χ1) is 13.5. The third kappa shape index (κ3) is 4.25. The Kier molecular flexibility index (Phi) is 5.83. The summed E-state index contributed by atoms with van der Waals surface area (Å²) >= 11 is 0. The molecule has 2 aromatic carbocycles. The first-order valence-electron chi connectivity index (χ1n) is 8.56. The topological polar surface area (TPSA) is 91.2 Å². The normalized spacial score (nSPS) is 11.7. The van der Waals surface area contributed by atoms with Gasteiger partial charge in [-0.2, -0.15) is 4.80 Å². The summed E-state index contributed by atoms with van der Waals surface area (Å²) in [6, 6.07) is 10.6. The van der Waals surface area contributed by atoms with E-state index in [9.17, 15) is 9.18 Å². The maximum Gasteiger partial charge on any atom is 0.246 e. The van der Waals surface area contributed by atoms with Crippen LogP contribution in [0.5, 0.6) is 11.5 Å². The van der Waals surface area contributed by atoms with Crippen LogP contribution in [0.25, 0.3) is 11.4 Å². The molecular formula is C19H20FN5O3. The maximum absolute atomic E-state index is 13.3. The van der Waals surface area contributed by atoms with Gasteiger partial charge in [-0.1, -0.05) is 18.2 Å². The van der Waals surface area contributed by atoms with Crippen molar-refractivity contribution in [3.63, 3.8) is 0 Å². The summed E-state index contributed by atoms with van der Waals surface area (Å²) in [7, 11) is 3.11. The summed E-state index contributed by atoms with van der Waals surface area (Å²) in [5.41, 5.74) is 1.34. The molecule has 8 nitrogen and oxygen atoms in total. The summed E-state index contributed by atoms with van der Waals surface area (Å²) in [5, 5.41) is 14.8. The number of amides is 1. The zero-order valence-electron chi connectivity index (χ0n) is 15.7. The van der Waals surface area contributed by atoms with Gasteiger partial charge in [-0.3, -0.25) is 4.79 Å². The van der Waals surface area contributed by atoms with Crippen LogP contribution in [-0.2, 0) is 11.3 Å². The van der Waals surface area contributed by atoms with Crippen LogP contribution in [0.4, 0.5) is 4.39 Å². The number of methoxy groups -OCH3 is 2. The molecule has 3 aromatic rings. The van der Waals surface area contributed by atoms with E-state index < -0.39 is 11.9 Å². The Morgan fingerprint density at radius 3 is 2.68 bits per heavy atom. The molecule has 1 atom stereocenters. The summed E-state index contributed by atoms with van der Waals surface area (Å²) in [5.74, 6) is 0.772. The summed E-state index contributed by atoms with van der Waals surface area (Å²) < 4.78 is 23.8. The van der Waals surface area contributed by atoms with Crippen LogP contribution in [0.3, 0.4) is 0 Å². The minimum absolute atomic E-state index is 0.249. The Hall–Kier alpha value is -3.49. The second-order valence-electron chi connectivity index (χ2n) is 6.03. The number of ether oxygens (including phenoxy) is 2. The molecule has 0 saturated carbocycles. The van der Waals surface area contributed by atoms with Crippen LogP contribution in [0, 0.1) is 5.82 Å². The molecule has 3 rings (SSSR count). The molecular weight excluding hydrogens is 365 g/mol. The van der Waals surface area contributed by atoms with Crippen LogP contribution in [0.15, 0.2) is 42.5 Å². The van der Waals surface area contributed by atoms with E-state index in [4.69, 9.17) is 9.47 Å². The predicted octanol–water partition coefficient (Wildman–Crippen LogP) is 2.37. The monoisotopic (exact) mass is 385 g/mol. The van der Waals surface area contributed by atoms with E-state index in [1.807, 2.05) is 6.07 Å². The molecule has 1 aromatic heterocycles. The molecule has 9 heteroatoms. The van der Waals surface area contributed by atoms with Crippen molar-refractivity contribution in [3.05, 3.63) is 53.8 Å². The largest absolute Gasteiger partial charge is 0.493 e. The Bertz CT molecular complexity index is 976. The minimum atomic E-state index is -0.685. The lowest BCUT2D eigenvalue weighted by Crippen LogP contribution is -2.31. The zero-order valence-corrected chi connectivity index (χ0v) is 15.7. The number of hydrogen-bond donors (Lipinski definition) is 1. The Morgan fingerprint density at radius 1 is 1.18 bits per heavy atom. The van der Waals surface area contributed by atoms with Crippen molar-refractivity contribution in [2.75, 3.05) is 14.2 Å². The second kappa shape index (κ2) is 8.47. The van der Waals surface area contributed by atoms with E-state index in [0.717, 1.165) is 5.56 Å². The molecule has 0 bridgehead atoms. The van der Waals surface area contributed by atoms with Crippen molar-refractivity contribution in [1.82, 2.24) is 25.5 Å². The summed E-state index contributed by atoms with van der Waals surface area (Å²) in [4.78, 5) is 13.6. The minimum Gasteiger partial charge on any atom is -0.493 e. The van der Waals surface area contributed by atoms with Crippen molar-refractivity contribution < 1.29 is 18.7 Å². The molecule has 0 aliphatic rings. The van der Waals surface area contributed by atoms with Gasteiger partial charge in [0.2, 0.25) is 11.7 Å². The van der Waals surface area contributed by atoms with Crippen LogP contribution < -0.4 is 14.8 Å². The van der Waals surface area contributed by atoms with Gasteiger partial charge in [-0.05, 0) is 42.0 Å². The molecule has 0 unspecified atom stereocenters. The number of benzene rings is 2. The highest BCUT2D eigenvalue weighted by atomic mass is 19.1. The highest BCUT2D eigenvalue weighted by Crippen LogP contribution is 2.27. The lowest BCUT2D eigenvalue weighted by molar-refractivity contribution is -0.124. The Balaban J connectivity index is 1.65. The van der Waals surface area contributed by atoms with E-state index in [1.54, 1.807) is 45.4 Å². The number of tetrazole rings is 1. The highest BCUT2D eigenvalue weighted by Gasteiger charge is 2.19. The molecule has 0 aliphatic heterocycles. The summed E-state index contributed by atoms with van der Waals surface area (Å²) in [6.07, 6.45) is 0. The van der Waals surface area contributed by atoms with Gasteiger partial charge in [0.05, 0.1) is 14.2 Å². The first kappa shape index (κ1) is 19.3. The fourth-order valence-electron chi connectivity index (χ4n) is 2.56. The number of halogens is 1. The molecule has 1 amide bonds. The standard InChI is InChI=1S/C19H20FN5O3/c1-12(25-23-18(22-24-25)14-5-4-6-15(20)10-14)19(26)21-11-13-7-8-16(27-2)17(9-13)28-3/h4-10,12H,11H2,1-3H3,(H,21,26)/t12-/m1/s1. The van der Waals surface area contributed by atoms with Crippen LogP contribution >= 0.6 is 0 Å². The van der Waals surface area contributed by atoms with Gasteiger partial charge in [-0.15, -0.1) is 10.2 Å². The number of nitrogens with one attached hydrogen (secondary N) is 1. The predicted molar refractivity (Wildman–Crippen MR) is 99.3 cm³/mol. The van der Waals surface area contributed by atoms with Gasteiger partial charge < -0.3 is 14.8 Å². The molecule has 0 fully saturated rings. The molecule has 0 spiro atoms. The van der Waals surface area contributed by atoms with Crippen LogP contribution in [0.1, 0.15) is 18.5 Å². The molecule has 0 radical (unpaired) electrons. The van der Waals surface area contributed by atoms with E-state index in [2.05, 4.69) is 20.7 Å². The molecule has 28 heavy (non-hydrogen) atoms. The second-order valence-corrected chi connectivity index (χ2v) is 6.03. The Morgan fingerprint density at radius 2 is 1.96 bits per heavy atom. The highest BCUT2D eigenvalue weighted by molar-refractivity contribution is 5.79.